The van der Waals surface area contributed by atoms with Gasteiger partial charge < -0.3 is 0 Å². The number of Topliss-reactive ketones (excluding diaryl/α,β-unsaturated/α-hetero) is 1. The molecule has 0 atom stereocenters. The quantitative estimate of drug-likeness (QED) is 0.736. The van der Waals surface area contributed by atoms with Gasteiger partial charge in [-0.25, -0.2) is 4.98 Å². The third-order valence-electron chi connectivity index (χ3n) is 3.46. The molecule has 0 amide bonds. The van der Waals surface area contributed by atoms with Crippen molar-refractivity contribution in [2.24, 2.45) is 5.10 Å². The molecule has 1 N–H and O–H groups in total. The van der Waals surface area contributed by atoms with E-state index in [2.05, 4.69) is 15.5 Å². The average molecular weight is 293 g/mol. The highest BCUT2D eigenvalue weighted by molar-refractivity contribution is 7.22. The first kappa shape index (κ1) is 12.2. The summed E-state index contributed by atoms with van der Waals surface area (Å²) in [4.78, 5) is 16.6. The molecule has 0 saturated heterocycles. The molecule has 0 saturated carbocycles. The molecule has 2 aromatic carbocycles. The lowest BCUT2D eigenvalue weighted by atomic mass is 10.1. The molecule has 0 aliphatic heterocycles. The molecular formula is C16H11N3OS. The van der Waals surface area contributed by atoms with Gasteiger partial charge in [0, 0.05) is 12.0 Å². The van der Waals surface area contributed by atoms with Crippen LogP contribution in [-0.2, 0) is 6.42 Å². The van der Waals surface area contributed by atoms with E-state index in [0.29, 0.717) is 17.3 Å². The Labute approximate surface area is 125 Å². The fourth-order valence-electron chi connectivity index (χ4n) is 2.44. The summed E-state index contributed by atoms with van der Waals surface area (Å²) in [6.07, 6.45) is 0.576. The Morgan fingerprint density at radius 3 is 2.76 bits per heavy atom. The Kier molecular flexibility index (Phi) is 2.79. The van der Waals surface area contributed by atoms with Crippen molar-refractivity contribution in [3.05, 3.63) is 59.7 Å². The van der Waals surface area contributed by atoms with Gasteiger partial charge in [0.1, 0.15) is 5.71 Å². The Morgan fingerprint density at radius 1 is 1.10 bits per heavy atom. The monoisotopic (exact) mass is 293 g/mol. The molecule has 21 heavy (non-hydrogen) atoms. The molecule has 3 aromatic rings. The van der Waals surface area contributed by atoms with Crippen LogP contribution in [-0.4, -0.2) is 16.5 Å². The van der Waals surface area contributed by atoms with Gasteiger partial charge in [0.05, 0.1) is 10.2 Å². The summed E-state index contributed by atoms with van der Waals surface area (Å²) >= 11 is 1.53. The van der Waals surface area contributed by atoms with Crippen molar-refractivity contribution in [3.8, 4) is 0 Å². The number of nitrogens with zero attached hydrogens (tertiary/aromatic N) is 2. The molecule has 1 aromatic heterocycles. The fraction of sp³-hybridized carbons (Fsp3) is 0.0625. The average Bonchev–Trinajstić information content (AvgIpc) is 3.07. The van der Waals surface area contributed by atoms with E-state index in [9.17, 15) is 4.79 Å². The van der Waals surface area contributed by atoms with Crippen molar-refractivity contribution < 1.29 is 4.79 Å². The molecule has 0 fully saturated rings. The third kappa shape index (κ3) is 2.11. The predicted molar refractivity (Wildman–Crippen MR) is 85.2 cm³/mol. The molecule has 0 bridgehead atoms. The van der Waals surface area contributed by atoms with Crippen molar-refractivity contribution in [1.29, 1.82) is 0 Å². The van der Waals surface area contributed by atoms with Gasteiger partial charge in [-0.15, -0.1) is 0 Å². The largest absolute Gasteiger partial charge is 0.287 e. The van der Waals surface area contributed by atoms with Gasteiger partial charge in [-0.05, 0) is 17.7 Å². The van der Waals surface area contributed by atoms with Crippen LogP contribution in [0.25, 0.3) is 10.2 Å². The first-order valence-corrected chi connectivity index (χ1v) is 7.44. The van der Waals surface area contributed by atoms with Gasteiger partial charge >= 0.3 is 0 Å². The van der Waals surface area contributed by atoms with E-state index in [0.717, 1.165) is 21.3 Å². The molecule has 0 spiro atoms. The van der Waals surface area contributed by atoms with Crippen molar-refractivity contribution in [2.45, 2.75) is 6.42 Å². The second-order valence-electron chi connectivity index (χ2n) is 4.82. The van der Waals surface area contributed by atoms with Crippen molar-refractivity contribution in [3.63, 3.8) is 0 Å². The predicted octanol–water partition coefficient (Wildman–Crippen LogP) is 3.50. The molecule has 1 aliphatic carbocycles. The summed E-state index contributed by atoms with van der Waals surface area (Å²) in [5.41, 5.74) is 6.18. The Balaban J connectivity index is 1.61. The normalized spacial score (nSPS) is 15.6. The van der Waals surface area contributed by atoms with Gasteiger partial charge in [0.2, 0.25) is 10.9 Å². The van der Waals surface area contributed by atoms with E-state index in [-0.39, 0.29) is 5.78 Å². The van der Waals surface area contributed by atoms with Crippen LogP contribution in [0, 0.1) is 0 Å². The number of para-hydroxylation sites is 1. The zero-order chi connectivity index (χ0) is 14.2. The summed E-state index contributed by atoms with van der Waals surface area (Å²) in [6, 6.07) is 15.5. The molecule has 1 aliphatic rings. The maximum Gasteiger partial charge on any atom is 0.209 e. The van der Waals surface area contributed by atoms with E-state index in [4.69, 9.17) is 0 Å². The molecule has 0 unspecified atom stereocenters. The van der Waals surface area contributed by atoms with Crippen LogP contribution in [0.2, 0.25) is 0 Å². The molecule has 4 nitrogen and oxygen atoms in total. The topological polar surface area (TPSA) is 54.4 Å². The molecule has 102 valence electrons. The summed E-state index contributed by atoms with van der Waals surface area (Å²) in [7, 11) is 0. The van der Waals surface area contributed by atoms with E-state index < -0.39 is 0 Å². The van der Waals surface area contributed by atoms with Gasteiger partial charge in [-0.3, -0.25) is 10.2 Å². The lowest BCUT2D eigenvalue weighted by Crippen LogP contribution is -2.10. The fourth-order valence-corrected chi connectivity index (χ4v) is 3.25. The zero-order valence-electron chi connectivity index (χ0n) is 11.0. The first-order chi connectivity index (χ1) is 10.3. The lowest BCUT2D eigenvalue weighted by Gasteiger charge is -1.95. The van der Waals surface area contributed by atoms with Crippen LogP contribution >= 0.6 is 11.3 Å². The van der Waals surface area contributed by atoms with Crippen LogP contribution in [0.1, 0.15) is 15.9 Å². The highest BCUT2D eigenvalue weighted by Crippen LogP contribution is 2.26. The van der Waals surface area contributed by atoms with Gasteiger partial charge in [-0.2, -0.15) is 5.10 Å². The summed E-state index contributed by atoms with van der Waals surface area (Å²) in [6.45, 7) is 0. The number of ketones is 1. The Bertz CT molecular complexity index is 849. The number of benzene rings is 2. The van der Waals surface area contributed by atoms with Crippen LogP contribution in [0.5, 0.6) is 0 Å². The highest BCUT2D eigenvalue weighted by Gasteiger charge is 2.25. The number of fused-ring (bicyclic) bond motifs is 2. The highest BCUT2D eigenvalue weighted by atomic mass is 32.1. The number of rotatable bonds is 2. The Hall–Kier alpha value is -2.53. The number of aromatic nitrogens is 1. The summed E-state index contributed by atoms with van der Waals surface area (Å²) in [5, 5.41) is 4.95. The number of nitrogens with one attached hydrogen (secondary N) is 1. The minimum absolute atomic E-state index is 0.000730. The van der Waals surface area contributed by atoms with Crippen molar-refractivity contribution in [1.82, 2.24) is 4.98 Å². The number of carbonyl (C=O) groups excluding carboxylic acids is 1. The van der Waals surface area contributed by atoms with Crippen molar-refractivity contribution >= 4 is 38.2 Å². The summed E-state index contributed by atoms with van der Waals surface area (Å²) in [5.74, 6) is -0.000730. The van der Waals surface area contributed by atoms with Crippen LogP contribution in [0.4, 0.5) is 5.13 Å². The second kappa shape index (κ2) is 4.79. The number of carbonyl (C=O) groups is 1. The maximum atomic E-state index is 12.2. The van der Waals surface area contributed by atoms with Crippen LogP contribution in [0.15, 0.2) is 53.6 Å². The van der Waals surface area contributed by atoms with E-state index >= 15 is 0 Å². The molecule has 0 radical (unpaired) electrons. The van der Waals surface area contributed by atoms with E-state index in [1.807, 2.05) is 48.5 Å². The zero-order valence-corrected chi connectivity index (χ0v) is 11.9. The standard InChI is InChI=1S/C16H11N3OS/c20-15-11-6-2-1-5-10(11)9-13(15)18-19-16-17-12-7-3-4-8-14(12)21-16/h1-8H,9H2,(H,17,19)/b18-13-. The van der Waals surface area contributed by atoms with E-state index in [1.165, 1.54) is 11.3 Å². The lowest BCUT2D eigenvalue weighted by molar-refractivity contribution is 0.106. The Morgan fingerprint density at radius 2 is 1.90 bits per heavy atom. The van der Waals surface area contributed by atoms with Gasteiger partial charge in [0.25, 0.3) is 0 Å². The number of hydrogen-bond donors (Lipinski definition) is 1. The minimum Gasteiger partial charge on any atom is -0.287 e. The SMILES string of the molecule is O=C1/C(=N\Nc2nc3ccccc3s2)Cc2ccccc21. The smallest absolute Gasteiger partial charge is 0.209 e. The molecule has 4 rings (SSSR count). The number of thiazole rings is 1. The molecule has 1 heterocycles. The maximum absolute atomic E-state index is 12.2. The molecular weight excluding hydrogens is 282 g/mol. The van der Waals surface area contributed by atoms with Crippen LogP contribution < -0.4 is 5.43 Å². The number of anilines is 1. The van der Waals surface area contributed by atoms with Crippen LogP contribution in [0.3, 0.4) is 0 Å². The third-order valence-corrected chi connectivity index (χ3v) is 4.40. The second-order valence-corrected chi connectivity index (χ2v) is 5.85. The van der Waals surface area contributed by atoms with Crippen molar-refractivity contribution in [2.75, 3.05) is 5.43 Å². The van der Waals surface area contributed by atoms with Gasteiger partial charge in [-0.1, -0.05) is 47.7 Å². The minimum atomic E-state index is -0.000730. The number of hydrazone groups is 1. The summed E-state index contributed by atoms with van der Waals surface area (Å²) < 4.78 is 1.10. The van der Waals surface area contributed by atoms with Gasteiger partial charge in [0.15, 0.2) is 0 Å². The molecule has 5 heteroatoms. The number of hydrogen-bond acceptors (Lipinski definition) is 5. The first-order valence-electron chi connectivity index (χ1n) is 6.62. The van der Waals surface area contributed by atoms with E-state index in [1.54, 1.807) is 0 Å².